The number of allylic oxidation sites excluding steroid dienone is 1. The van der Waals surface area contributed by atoms with Crippen LogP contribution in [0.3, 0.4) is 0 Å². The van der Waals surface area contributed by atoms with Crippen molar-refractivity contribution in [2.45, 2.75) is 39.0 Å². The number of fused-ring (bicyclic) bond motifs is 1. The standard InChI is InChI=1S/C24H24F4N4O/c1-3-15-4-7-17(8-5-15)20-11-21(24(26,27)28)32-23(30-20)18(22(29)33)13-31(32)12-16-6-9-19(25)14(2)10-16/h4-11,18,20H,3,12-13H2,1-2H3,(H2,29,33). The maximum atomic E-state index is 14.2. The molecule has 2 aromatic rings. The van der Waals surface area contributed by atoms with Crippen LogP contribution >= 0.6 is 0 Å². The van der Waals surface area contributed by atoms with Gasteiger partial charge in [-0.3, -0.25) is 14.8 Å². The fourth-order valence-electron chi connectivity index (χ4n) is 4.19. The smallest absolute Gasteiger partial charge is 0.369 e. The second-order valence-electron chi connectivity index (χ2n) is 8.27. The minimum absolute atomic E-state index is 0.0271. The summed E-state index contributed by atoms with van der Waals surface area (Å²) in [5, 5.41) is 2.34. The van der Waals surface area contributed by atoms with Crippen molar-refractivity contribution in [3.05, 3.63) is 82.3 Å². The zero-order chi connectivity index (χ0) is 23.9. The average Bonchev–Trinajstić information content (AvgIpc) is 3.13. The van der Waals surface area contributed by atoms with Crippen molar-refractivity contribution in [3.63, 3.8) is 0 Å². The van der Waals surface area contributed by atoms with Crippen molar-refractivity contribution in [1.82, 2.24) is 10.0 Å². The number of amidine groups is 1. The molecule has 174 valence electrons. The Hall–Kier alpha value is -3.20. The van der Waals surface area contributed by atoms with Crippen LogP contribution in [-0.2, 0) is 17.8 Å². The molecule has 0 aromatic heterocycles. The van der Waals surface area contributed by atoms with E-state index in [1.165, 1.54) is 17.1 Å². The molecule has 2 aliphatic rings. The lowest BCUT2D eigenvalue weighted by atomic mass is 10.0. The first kappa shape index (κ1) is 23.0. The molecule has 9 heteroatoms. The number of carbonyl (C=O) groups excluding carboxylic acids is 1. The Labute approximate surface area is 189 Å². The molecule has 0 radical (unpaired) electrons. The highest BCUT2D eigenvalue weighted by Gasteiger charge is 2.50. The molecule has 33 heavy (non-hydrogen) atoms. The molecule has 4 rings (SSSR count). The predicted molar refractivity (Wildman–Crippen MR) is 116 cm³/mol. The molecule has 0 bridgehead atoms. The van der Waals surface area contributed by atoms with Gasteiger partial charge in [0, 0.05) is 13.1 Å². The second-order valence-corrected chi connectivity index (χ2v) is 8.27. The number of aliphatic imine (C=N–C) groups is 1. The van der Waals surface area contributed by atoms with E-state index in [1.54, 1.807) is 25.1 Å². The van der Waals surface area contributed by atoms with Gasteiger partial charge in [-0.05, 0) is 47.7 Å². The van der Waals surface area contributed by atoms with Gasteiger partial charge >= 0.3 is 6.18 Å². The Morgan fingerprint density at radius 1 is 1.15 bits per heavy atom. The minimum atomic E-state index is -4.69. The van der Waals surface area contributed by atoms with Crippen molar-refractivity contribution in [3.8, 4) is 0 Å². The lowest BCUT2D eigenvalue weighted by molar-refractivity contribution is -0.124. The largest absolute Gasteiger partial charge is 0.432 e. The summed E-state index contributed by atoms with van der Waals surface area (Å²) < 4.78 is 56.2. The summed E-state index contributed by atoms with van der Waals surface area (Å²) in [5.74, 6) is -2.18. The van der Waals surface area contributed by atoms with E-state index in [2.05, 4.69) is 4.99 Å². The highest BCUT2D eigenvalue weighted by molar-refractivity contribution is 6.05. The van der Waals surface area contributed by atoms with Gasteiger partial charge < -0.3 is 5.73 Å². The molecule has 0 saturated carbocycles. The molecule has 2 unspecified atom stereocenters. The lowest BCUT2D eigenvalue weighted by Crippen LogP contribution is -2.45. The fraction of sp³-hybridized carbons (Fsp3) is 0.333. The zero-order valence-electron chi connectivity index (χ0n) is 18.2. The Kier molecular flexibility index (Phi) is 6.00. The molecule has 2 N–H and O–H groups in total. The molecule has 5 nitrogen and oxygen atoms in total. The number of hydrogen-bond donors (Lipinski definition) is 1. The number of aryl methyl sites for hydroxylation is 2. The maximum absolute atomic E-state index is 14.2. The average molecular weight is 460 g/mol. The second kappa shape index (κ2) is 8.62. The number of nitrogens with zero attached hydrogens (tertiary/aromatic N) is 3. The Morgan fingerprint density at radius 3 is 2.39 bits per heavy atom. The quantitative estimate of drug-likeness (QED) is 0.672. The highest BCUT2D eigenvalue weighted by atomic mass is 19.4. The van der Waals surface area contributed by atoms with Gasteiger partial charge in [-0.25, -0.2) is 9.40 Å². The van der Waals surface area contributed by atoms with E-state index in [4.69, 9.17) is 5.73 Å². The topological polar surface area (TPSA) is 61.9 Å². The van der Waals surface area contributed by atoms with Crippen LogP contribution in [0.25, 0.3) is 0 Å². The molecule has 2 heterocycles. The Balaban J connectivity index is 1.75. The van der Waals surface area contributed by atoms with Gasteiger partial charge in [0.05, 0.1) is 6.04 Å². The van der Waals surface area contributed by atoms with Crippen LogP contribution in [0.2, 0.25) is 0 Å². The summed E-state index contributed by atoms with van der Waals surface area (Å²) in [4.78, 5) is 16.7. The minimum Gasteiger partial charge on any atom is -0.369 e. The van der Waals surface area contributed by atoms with Gasteiger partial charge in [0.1, 0.15) is 23.3 Å². The van der Waals surface area contributed by atoms with Crippen LogP contribution in [0.15, 0.2) is 59.2 Å². The van der Waals surface area contributed by atoms with Gasteiger partial charge in [-0.15, -0.1) is 0 Å². The summed E-state index contributed by atoms with van der Waals surface area (Å²) in [6.07, 6.45) is -2.82. The number of primary amides is 1. The first-order valence-electron chi connectivity index (χ1n) is 10.6. The molecule has 1 saturated heterocycles. The molecule has 0 spiro atoms. The molecule has 1 amide bonds. The number of halogens is 4. The van der Waals surface area contributed by atoms with E-state index in [0.29, 0.717) is 16.7 Å². The van der Waals surface area contributed by atoms with Crippen LogP contribution < -0.4 is 5.73 Å². The maximum Gasteiger partial charge on any atom is 0.432 e. The first-order valence-corrected chi connectivity index (χ1v) is 10.6. The number of nitrogens with two attached hydrogens (primary N) is 1. The van der Waals surface area contributed by atoms with Gasteiger partial charge in [0.15, 0.2) is 0 Å². The summed E-state index contributed by atoms with van der Waals surface area (Å²) in [7, 11) is 0. The van der Waals surface area contributed by atoms with Gasteiger partial charge in [0.25, 0.3) is 0 Å². The van der Waals surface area contributed by atoms with Crippen LogP contribution in [-0.4, -0.2) is 34.5 Å². The molecule has 2 atom stereocenters. The number of alkyl halides is 3. The third kappa shape index (κ3) is 4.50. The van der Waals surface area contributed by atoms with Crippen molar-refractivity contribution < 1.29 is 22.4 Å². The van der Waals surface area contributed by atoms with Crippen LogP contribution in [0.4, 0.5) is 17.6 Å². The van der Waals surface area contributed by atoms with Crippen molar-refractivity contribution in [2.75, 3.05) is 6.54 Å². The number of carbonyl (C=O) groups is 1. The molecular weight excluding hydrogens is 436 g/mol. The van der Waals surface area contributed by atoms with Gasteiger partial charge in [0.2, 0.25) is 5.91 Å². The number of hydrogen-bond acceptors (Lipinski definition) is 4. The zero-order valence-corrected chi connectivity index (χ0v) is 18.2. The first-order chi connectivity index (χ1) is 15.6. The summed E-state index contributed by atoms with van der Waals surface area (Å²) in [5.41, 5.74) is 7.28. The van der Waals surface area contributed by atoms with Crippen LogP contribution in [0.1, 0.15) is 35.2 Å². The number of hydrazine groups is 1. The van der Waals surface area contributed by atoms with Crippen molar-refractivity contribution in [1.29, 1.82) is 0 Å². The summed E-state index contributed by atoms with van der Waals surface area (Å²) >= 11 is 0. The van der Waals surface area contributed by atoms with Crippen LogP contribution in [0.5, 0.6) is 0 Å². The third-order valence-electron chi connectivity index (χ3n) is 5.97. The summed E-state index contributed by atoms with van der Waals surface area (Å²) in [6, 6.07) is 10.7. The van der Waals surface area contributed by atoms with E-state index in [-0.39, 0.29) is 18.9 Å². The third-order valence-corrected chi connectivity index (χ3v) is 5.97. The Morgan fingerprint density at radius 2 is 1.82 bits per heavy atom. The molecule has 1 fully saturated rings. The van der Waals surface area contributed by atoms with Crippen LogP contribution in [0, 0.1) is 18.7 Å². The molecule has 2 aliphatic heterocycles. The van der Waals surface area contributed by atoms with Gasteiger partial charge in [-0.1, -0.05) is 43.3 Å². The highest BCUT2D eigenvalue weighted by Crippen LogP contribution is 2.41. The monoisotopic (exact) mass is 460 g/mol. The van der Waals surface area contributed by atoms with E-state index >= 15 is 0 Å². The summed E-state index contributed by atoms with van der Waals surface area (Å²) in [6.45, 7) is 3.55. The molecular formula is C24H24F4N4O. The van der Waals surface area contributed by atoms with Gasteiger partial charge in [-0.2, -0.15) is 13.2 Å². The number of benzene rings is 2. The SMILES string of the molecule is CCc1ccc(C2C=C(C(F)(F)F)N3C(=N2)C(C(N)=O)CN3Cc2ccc(F)c(C)c2)cc1. The van der Waals surface area contributed by atoms with E-state index < -0.39 is 35.6 Å². The normalized spacial score (nSPS) is 21.0. The van der Waals surface area contributed by atoms with E-state index in [1.807, 2.05) is 19.1 Å². The lowest BCUT2D eigenvalue weighted by Gasteiger charge is -2.36. The molecule has 0 aliphatic carbocycles. The number of amides is 1. The predicted octanol–water partition coefficient (Wildman–Crippen LogP) is 4.43. The van der Waals surface area contributed by atoms with Crippen molar-refractivity contribution in [2.24, 2.45) is 16.6 Å². The van der Waals surface area contributed by atoms with Crippen molar-refractivity contribution >= 4 is 11.7 Å². The Bertz CT molecular complexity index is 1120. The fourth-order valence-corrected chi connectivity index (χ4v) is 4.19. The van der Waals surface area contributed by atoms with E-state index in [9.17, 15) is 22.4 Å². The number of rotatable bonds is 5. The van der Waals surface area contributed by atoms with E-state index in [0.717, 1.165) is 23.1 Å². The molecule has 2 aromatic carbocycles.